The van der Waals surface area contributed by atoms with Crippen molar-refractivity contribution in [3.05, 3.63) is 78.4 Å². The Labute approximate surface area is 286 Å². The van der Waals surface area contributed by atoms with Crippen LogP contribution in [0, 0.1) is 0 Å². The summed E-state index contributed by atoms with van der Waals surface area (Å²) < 4.78 is 74.0. The van der Waals surface area contributed by atoms with Gasteiger partial charge in [-0.2, -0.15) is 17.7 Å². The van der Waals surface area contributed by atoms with Gasteiger partial charge in [-0.05, 0) is 55.4 Å². The Balaban J connectivity index is 1.26. The number of aliphatic hydroxyl groups excluding tert-OH is 1. The minimum Gasteiger partial charge on any atom is -0.506 e. The molecule has 0 bridgehead atoms. The van der Waals surface area contributed by atoms with Gasteiger partial charge in [-0.25, -0.2) is 0 Å². The SMILES string of the molecule is CO[Si](CCCNC(O)OCCC[n+]1c2cccc3oc4cccc5c4-c(c32)c2c(cccc21)n5-c1cc(C(F)(F)F)ccc1O)(OC)OC. The van der Waals surface area contributed by atoms with E-state index >= 15 is 0 Å². The van der Waals surface area contributed by atoms with E-state index in [1.807, 2.05) is 48.5 Å². The largest absolute Gasteiger partial charge is 0.506 e. The molecule has 2 aliphatic heterocycles. The van der Waals surface area contributed by atoms with Crippen molar-refractivity contribution in [2.45, 2.75) is 38.0 Å². The highest BCUT2D eigenvalue weighted by molar-refractivity contribution is 6.60. The summed E-state index contributed by atoms with van der Waals surface area (Å²) in [5.74, 6) is -0.288. The summed E-state index contributed by atoms with van der Waals surface area (Å²) in [6, 6.07) is 20.5. The van der Waals surface area contributed by atoms with Crippen LogP contribution in [0.15, 0.2) is 77.2 Å². The molecule has 0 saturated heterocycles. The van der Waals surface area contributed by atoms with Gasteiger partial charge in [0.25, 0.3) is 0 Å². The van der Waals surface area contributed by atoms with Crippen molar-refractivity contribution in [1.82, 2.24) is 9.88 Å². The highest BCUT2D eigenvalue weighted by Gasteiger charge is 2.37. The zero-order chi connectivity index (χ0) is 35.2. The first-order valence-electron chi connectivity index (χ1n) is 16.2. The minimum absolute atomic E-state index is 0.00598. The first-order chi connectivity index (χ1) is 24.1. The third kappa shape index (κ3) is 5.86. The van der Waals surface area contributed by atoms with E-state index in [-0.39, 0.29) is 18.0 Å². The van der Waals surface area contributed by atoms with E-state index in [2.05, 4.69) is 9.88 Å². The van der Waals surface area contributed by atoms with Gasteiger partial charge in [0.15, 0.2) is 6.54 Å². The van der Waals surface area contributed by atoms with E-state index in [1.165, 1.54) is 0 Å². The van der Waals surface area contributed by atoms with Gasteiger partial charge in [-0.1, -0.05) is 18.2 Å². The van der Waals surface area contributed by atoms with Crippen LogP contribution in [0.4, 0.5) is 13.2 Å². The Bertz CT molecular complexity index is 2240. The number of hydrogen-bond acceptors (Lipinski definition) is 8. The van der Waals surface area contributed by atoms with E-state index in [9.17, 15) is 23.4 Å². The molecule has 0 amide bonds. The number of aliphatic hydroxyl groups is 1. The normalized spacial score (nSPS) is 13.6. The van der Waals surface area contributed by atoms with Crippen LogP contribution in [0.5, 0.6) is 5.75 Å². The molecule has 50 heavy (non-hydrogen) atoms. The van der Waals surface area contributed by atoms with Crippen LogP contribution < -0.4 is 9.88 Å². The van der Waals surface area contributed by atoms with Gasteiger partial charge >= 0.3 is 15.0 Å². The molecule has 1 aromatic heterocycles. The molecule has 7 rings (SSSR count). The fourth-order valence-corrected chi connectivity index (χ4v) is 8.74. The van der Waals surface area contributed by atoms with Gasteiger partial charge in [0, 0.05) is 51.5 Å². The molecular formula is C36H37F3N3O7Si+. The average Bonchev–Trinajstić information content (AvgIpc) is 3.11. The molecule has 10 nitrogen and oxygen atoms in total. The summed E-state index contributed by atoms with van der Waals surface area (Å²) in [7, 11) is 1.97. The van der Waals surface area contributed by atoms with Gasteiger partial charge in [-0.3, -0.25) is 5.32 Å². The zero-order valence-electron chi connectivity index (χ0n) is 27.7. The van der Waals surface area contributed by atoms with Gasteiger partial charge in [0.05, 0.1) is 45.2 Å². The fourth-order valence-electron chi connectivity index (χ4n) is 7.01. The van der Waals surface area contributed by atoms with E-state index in [1.54, 1.807) is 32.0 Å². The number of rotatable bonds is 14. The molecule has 262 valence electrons. The van der Waals surface area contributed by atoms with Crippen molar-refractivity contribution in [1.29, 1.82) is 0 Å². The lowest BCUT2D eigenvalue weighted by molar-refractivity contribution is -0.646. The van der Waals surface area contributed by atoms with Gasteiger partial charge < -0.3 is 37.2 Å². The predicted octanol–water partition coefficient (Wildman–Crippen LogP) is 6.78. The quantitative estimate of drug-likeness (QED) is 0.0284. The van der Waals surface area contributed by atoms with E-state index < -0.39 is 27.0 Å². The Hall–Kier alpha value is -4.28. The maximum Gasteiger partial charge on any atom is 0.500 e. The monoisotopic (exact) mass is 708 g/mol. The zero-order valence-corrected chi connectivity index (χ0v) is 28.7. The van der Waals surface area contributed by atoms with Crippen molar-refractivity contribution in [2.24, 2.45) is 0 Å². The molecule has 4 aromatic carbocycles. The number of phenolic OH excluding ortho intramolecular Hbond substituents is 1. The van der Waals surface area contributed by atoms with Crippen LogP contribution >= 0.6 is 0 Å². The summed E-state index contributed by atoms with van der Waals surface area (Å²) in [6.45, 7) is 1.20. The minimum atomic E-state index is -4.60. The first-order valence-corrected chi connectivity index (χ1v) is 18.2. The summed E-state index contributed by atoms with van der Waals surface area (Å²) in [5.41, 5.74) is 5.03. The molecule has 1 unspecified atom stereocenters. The van der Waals surface area contributed by atoms with Gasteiger partial charge in [0.1, 0.15) is 16.9 Å². The van der Waals surface area contributed by atoms with Gasteiger partial charge in [-0.15, -0.1) is 0 Å². The molecule has 0 aliphatic carbocycles. The van der Waals surface area contributed by atoms with Crippen LogP contribution in [-0.4, -0.2) is 64.5 Å². The van der Waals surface area contributed by atoms with E-state index in [0.717, 1.165) is 51.1 Å². The number of aromatic nitrogens is 2. The third-order valence-electron chi connectivity index (χ3n) is 9.32. The number of pyridine rings is 2. The second-order valence-electron chi connectivity index (χ2n) is 12.1. The number of nitrogens with zero attached hydrogens (tertiary/aromatic N) is 2. The third-order valence-corrected chi connectivity index (χ3v) is 12.2. The van der Waals surface area contributed by atoms with Crippen molar-refractivity contribution < 1.29 is 50.4 Å². The number of benzene rings is 4. The van der Waals surface area contributed by atoms with Crippen molar-refractivity contribution in [3.8, 4) is 22.6 Å². The number of nitrogens with one attached hydrogen (secondary N) is 1. The molecule has 0 spiro atoms. The number of aromatic hydroxyl groups is 1. The number of halogens is 3. The fraction of sp³-hybridized carbons (Fsp3) is 0.306. The average molecular weight is 709 g/mol. The Morgan fingerprint density at radius 3 is 2.28 bits per heavy atom. The smallest absolute Gasteiger partial charge is 0.500 e. The topological polar surface area (TPSA) is 111 Å². The Morgan fingerprint density at radius 1 is 0.860 bits per heavy atom. The molecule has 0 radical (unpaired) electrons. The van der Waals surface area contributed by atoms with Crippen molar-refractivity contribution in [2.75, 3.05) is 34.5 Å². The Kier molecular flexibility index (Phi) is 9.19. The maximum absolute atomic E-state index is 13.9. The summed E-state index contributed by atoms with van der Waals surface area (Å²) in [6.07, 6.45) is -4.59. The van der Waals surface area contributed by atoms with Crippen LogP contribution in [0.3, 0.4) is 0 Å². The molecule has 5 aromatic rings. The molecule has 3 heterocycles. The second-order valence-corrected chi connectivity index (χ2v) is 15.2. The van der Waals surface area contributed by atoms with E-state index in [4.69, 9.17) is 22.4 Å². The lowest BCUT2D eigenvalue weighted by Gasteiger charge is -2.25. The summed E-state index contributed by atoms with van der Waals surface area (Å²) in [4.78, 5) is 0. The lowest BCUT2D eigenvalue weighted by atomic mass is 9.90. The summed E-state index contributed by atoms with van der Waals surface area (Å²) >= 11 is 0. The molecule has 3 N–H and O–H groups in total. The number of alkyl halides is 3. The summed E-state index contributed by atoms with van der Waals surface area (Å²) in [5, 5.41) is 26.1. The van der Waals surface area contributed by atoms with Gasteiger partial charge in [0.2, 0.25) is 17.4 Å². The maximum atomic E-state index is 13.9. The molecule has 1 atom stereocenters. The predicted molar refractivity (Wildman–Crippen MR) is 184 cm³/mol. The van der Waals surface area contributed by atoms with Crippen LogP contribution in [0.25, 0.3) is 60.8 Å². The molecule has 2 aliphatic rings. The van der Waals surface area contributed by atoms with Crippen molar-refractivity contribution >= 4 is 52.8 Å². The van der Waals surface area contributed by atoms with Crippen molar-refractivity contribution in [3.63, 3.8) is 0 Å². The standard InChI is InChI=1S/C36H36F3N3O7Si/c1-45-50(46-2,47-3)20-7-17-40-35(44)48-19-8-18-41-23-9-4-11-25-31(23)34-32-24(41)10-5-13-29(32)49-30-14-6-12-26(33(30)34)42(25)27-21-22(36(37,38)39)15-16-28(27)43/h4-6,9-16,21,35,40,44H,7-8,17-20H2,1-3H3/p+1. The number of aryl methyl sites for hydroxylation is 1. The van der Waals surface area contributed by atoms with E-state index in [0.29, 0.717) is 54.2 Å². The van der Waals surface area contributed by atoms with Crippen LogP contribution in [-0.2, 0) is 30.7 Å². The Morgan fingerprint density at radius 2 is 1.54 bits per heavy atom. The molecule has 0 saturated carbocycles. The molecular weight excluding hydrogens is 671 g/mol. The first kappa shape index (κ1) is 34.2. The highest BCUT2D eigenvalue weighted by atomic mass is 28.4. The van der Waals surface area contributed by atoms with Crippen LogP contribution in [0.1, 0.15) is 18.4 Å². The lowest BCUT2D eigenvalue weighted by Crippen LogP contribution is -2.43. The highest BCUT2D eigenvalue weighted by Crippen LogP contribution is 2.48. The van der Waals surface area contributed by atoms with Crippen LogP contribution in [0.2, 0.25) is 6.04 Å². The number of ether oxygens (including phenoxy) is 1. The second kappa shape index (κ2) is 13.4. The number of phenols is 1. The number of hydrogen-bond donors (Lipinski definition) is 3. The molecule has 14 heteroatoms. The molecule has 0 fully saturated rings.